The van der Waals surface area contributed by atoms with Gasteiger partial charge in [-0.1, -0.05) is 12.1 Å². The lowest BCUT2D eigenvalue weighted by Gasteiger charge is -2.36. The molecule has 1 amide bonds. The fourth-order valence-electron chi connectivity index (χ4n) is 5.94. The Bertz CT molecular complexity index is 1120. The van der Waals surface area contributed by atoms with Crippen LogP contribution in [-0.4, -0.2) is 77.7 Å². The van der Waals surface area contributed by atoms with Crippen LogP contribution < -0.4 is 5.32 Å². The highest BCUT2D eigenvalue weighted by Crippen LogP contribution is 2.33. The topological polar surface area (TPSA) is 76.6 Å². The number of aryl methyl sites for hydroxylation is 1. The van der Waals surface area contributed by atoms with Gasteiger partial charge in [0.05, 0.1) is 18.8 Å². The number of hydrogen-bond donors (Lipinski definition) is 1. The standard InChI is InChI=1S/C30H40F2N4O3S/c1-40-24-9-5-20(6-10-24)28-4-2-3-23(39-28)8-7-22-17-27(35-29(18-31)34-22)30(37)36-14-11-21(12-15-36)33-26-13-16-38-19-25(26)32/h5-6,9-10,17,21,23,25-26,28,33H,2-4,7-8,11-16,18-19H2,1H3/t23-,25?,26?,28+/m1/s1. The van der Waals surface area contributed by atoms with Crippen molar-refractivity contribution in [3.8, 4) is 0 Å². The van der Waals surface area contributed by atoms with Gasteiger partial charge in [-0.05, 0) is 81.4 Å². The first-order chi connectivity index (χ1) is 19.5. The van der Waals surface area contributed by atoms with E-state index in [-0.39, 0.29) is 48.3 Å². The van der Waals surface area contributed by atoms with E-state index < -0.39 is 12.8 Å². The molecule has 0 radical (unpaired) electrons. The summed E-state index contributed by atoms with van der Waals surface area (Å²) in [5, 5.41) is 3.42. The molecule has 3 aliphatic rings. The first kappa shape index (κ1) is 29.4. The third-order valence-corrected chi connectivity index (χ3v) is 8.99. The molecule has 7 nitrogen and oxygen atoms in total. The second-order valence-electron chi connectivity index (χ2n) is 11.0. The van der Waals surface area contributed by atoms with Gasteiger partial charge in [-0.25, -0.2) is 18.7 Å². The number of carbonyl (C=O) groups is 1. The Balaban J connectivity index is 1.15. The van der Waals surface area contributed by atoms with E-state index in [9.17, 15) is 13.6 Å². The summed E-state index contributed by atoms with van der Waals surface area (Å²) in [6.07, 6.45) is 7.81. The molecule has 0 saturated carbocycles. The highest BCUT2D eigenvalue weighted by Gasteiger charge is 2.31. The van der Waals surface area contributed by atoms with Gasteiger partial charge in [-0.3, -0.25) is 4.79 Å². The Morgan fingerprint density at radius 2 is 1.93 bits per heavy atom. The maximum Gasteiger partial charge on any atom is 0.272 e. The van der Waals surface area contributed by atoms with Gasteiger partial charge in [0.25, 0.3) is 5.91 Å². The fraction of sp³-hybridized carbons (Fsp3) is 0.633. The number of nitrogens with one attached hydrogen (secondary N) is 1. The number of alkyl halides is 2. The Hall–Kier alpha value is -2.14. The van der Waals surface area contributed by atoms with Crippen LogP contribution in [-0.2, 0) is 22.6 Å². The van der Waals surface area contributed by atoms with Gasteiger partial charge in [0.15, 0.2) is 5.82 Å². The lowest BCUT2D eigenvalue weighted by molar-refractivity contribution is -0.0547. The van der Waals surface area contributed by atoms with Crippen molar-refractivity contribution in [3.63, 3.8) is 0 Å². The fourth-order valence-corrected chi connectivity index (χ4v) is 6.35. The van der Waals surface area contributed by atoms with E-state index in [2.05, 4.69) is 45.8 Å². The molecule has 2 aromatic rings. The normalized spacial score (nSPS) is 26.1. The summed E-state index contributed by atoms with van der Waals surface area (Å²) in [7, 11) is 0. The molecular formula is C30H40F2N4O3S. The van der Waals surface area contributed by atoms with E-state index in [0.29, 0.717) is 38.2 Å². The maximum absolute atomic E-state index is 14.1. The summed E-state index contributed by atoms with van der Waals surface area (Å²) in [4.78, 5) is 24.9. The van der Waals surface area contributed by atoms with E-state index in [4.69, 9.17) is 9.47 Å². The van der Waals surface area contributed by atoms with Crippen LogP contribution in [0, 0.1) is 0 Å². The van der Waals surface area contributed by atoms with Crippen molar-refractivity contribution < 1.29 is 23.0 Å². The molecular weight excluding hydrogens is 534 g/mol. The molecule has 3 aliphatic heterocycles. The molecule has 10 heteroatoms. The van der Waals surface area contributed by atoms with Gasteiger partial charge >= 0.3 is 0 Å². The number of hydrogen-bond acceptors (Lipinski definition) is 7. The maximum atomic E-state index is 14.1. The number of aromatic nitrogens is 2. The van der Waals surface area contributed by atoms with E-state index >= 15 is 0 Å². The lowest BCUT2D eigenvalue weighted by Crippen LogP contribution is -2.52. The zero-order chi connectivity index (χ0) is 27.9. The Labute approximate surface area is 239 Å². The van der Waals surface area contributed by atoms with Crippen LogP contribution in [0.4, 0.5) is 8.78 Å². The highest BCUT2D eigenvalue weighted by molar-refractivity contribution is 7.98. The number of rotatable bonds is 9. The van der Waals surface area contributed by atoms with Gasteiger partial charge in [0.1, 0.15) is 18.5 Å². The summed E-state index contributed by atoms with van der Waals surface area (Å²) in [6.45, 7) is 1.000. The Morgan fingerprint density at radius 3 is 2.65 bits per heavy atom. The first-order valence-corrected chi connectivity index (χ1v) is 15.7. The van der Waals surface area contributed by atoms with Crippen molar-refractivity contribution in [2.75, 3.05) is 32.6 Å². The second-order valence-corrected chi connectivity index (χ2v) is 11.9. The number of ether oxygens (including phenoxy) is 2. The number of thioether (sulfide) groups is 1. The lowest BCUT2D eigenvalue weighted by atomic mass is 9.96. The first-order valence-electron chi connectivity index (χ1n) is 14.5. The molecule has 3 fully saturated rings. The quantitative estimate of drug-likeness (QED) is 0.411. The van der Waals surface area contributed by atoms with Gasteiger partial charge < -0.3 is 19.7 Å². The van der Waals surface area contributed by atoms with Crippen LogP contribution >= 0.6 is 11.8 Å². The Morgan fingerprint density at radius 1 is 1.12 bits per heavy atom. The highest BCUT2D eigenvalue weighted by atomic mass is 32.2. The molecule has 3 saturated heterocycles. The number of piperidine rings is 1. The third kappa shape index (κ3) is 7.57. The van der Waals surface area contributed by atoms with Gasteiger partial charge in [0.2, 0.25) is 0 Å². The van der Waals surface area contributed by atoms with E-state index in [0.717, 1.165) is 38.5 Å². The average molecular weight is 575 g/mol. The van der Waals surface area contributed by atoms with Gasteiger partial charge in [-0.2, -0.15) is 0 Å². The van der Waals surface area contributed by atoms with E-state index in [1.807, 2.05) is 0 Å². The summed E-state index contributed by atoms with van der Waals surface area (Å²) in [5.41, 5.74) is 2.12. The largest absolute Gasteiger partial charge is 0.378 e. The van der Waals surface area contributed by atoms with Crippen LogP contribution in [0.25, 0.3) is 0 Å². The Kier molecular flexibility index (Phi) is 10.4. The molecule has 1 aromatic heterocycles. The predicted molar refractivity (Wildman–Crippen MR) is 151 cm³/mol. The predicted octanol–water partition coefficient (Wildman–Crippen LogP) is 5.23. The number of likely N-dealkylation sites (tertiary alicyclic amines) is 1. The summed E-state index contributed by atoms with van der Waals surface area (Å²) in [5.74, 6) is -0.156. The molecule has 1 aromatic carbocycles. The van der Waals surface area contributed by atoms with Crippen LogP contribution in [0.3, 0.4) is 0 Å². The minimum atomic E-state index is -0.997. The zero-order valence-electron chi connectivity index (χ0n) is 23.2. The number of nitrogens with zero attached hydrogens (tertiary/aromatic N) is 3. The van der Waals surface area contributed by atoms with E-state index in [1.54, 1.807) is 22.7 Å². The summed E-state index contributed by atoms with van der Waals surface area (Å²) < 4.78 is 39.4. The second kappa shape index (κ2) is 14.2. The molecule has 0 spiro atoms. The minimum Gasteiger partial charge on any atom is -0.378 e. The number of halogens is 2. The molecule has 4 heterocycles. The number of benzene rings is 1. The van der Waals surface area contributed by atoms with Crippen molar-refractivity contribution >= 4 is 17.7 Å². The number of carbonyl (C=O) groups excluding carboxylic acids is 1. The third-order valence-electron chi connectivity index (χ3n) is 8.24. The van der Waals surface area contributed by atoms with Crippen molar-refractivity contribution in [1.29, 1.82) is 0 Å². The molecule has 218 valence electrons. The van der Waals surface area contributed by atoms with Crippen molar-refractivity contribution in [2.45, 2.75) is 93.4 Å². The summed E-state index contributed by atoms with van der Waals surface area (Å²) >= 11 is 1.73. The zero-order valence-corrected chi connectivity index (χ0v) is 24.0. The van der Waals surface area contributed by atoms with Crippen molar-refractivity contribution in [3.05, 3.63) is 53.1 Å². The van der Waals surface area contributed by atoms with Crippen molar-refractivity contribution in [1.82, 2.24) is 20.2 Å². The SMILES string of the molecule is CSc1ccc([C@@H]2CCC[C@H](CCc3cc(C(=O)N4CCC(NC5CCOCC5F)CC4)nc(CF)n3)O2)cc1. The van der Waals surface area contributed by atoms with Gasteiger partial charge in [0, 0.05) is 42.4 Å². The monoisotopic (exact) mass is 574 g/mol. The molecule has 1 N–H and O–H groups in total. The minimum absolute atomic E-state index is 0.0437. The summed E-state index contributed by atoms with van der Waals surface area (Å²) in [6, 6.07) is 10.2. The average Bonchev–Trinajstić information content (AvgIpc) is 3.01. The van der Waals surface area contributed by atoms with E-state index in [1.165, 1.54) is 10.5 Å². The molecule has 5 rings (SSSR count). The molecule has 0 aliphatic carbocycles. The molecule has 4 atom stereocenters. The van der Waals surface area contributed by atoms with Crippen LogP contribution in [0.2, 0.25) is 0 Å². The van der Waals surface area contributed by atoms with Crippen molar-refractivity contribution in [2.24, 2.45) is 0 Å². The van der Waals surface area contributed by atoms with Crippen LogP contribution in [0.1, 0.15) is 78.6 Å². The number of amides is 1. The van der Waals surface area contributed by atoms with Gasteiger partial charge in [-0.15, -0.1) is 11.8 Å². The van der Waals surface area contributed by atoms with Crippen LogP contribution in [0.15, 0.2) is 35.2 Å². The molecule has 40 heavy (non-hydrogen) atoms. The molecule has 0 bridgehead atoms. The molecule has 2 unspecified atom stereocenters. The smallest absolute Gasteiger partial charge is 0.272 e. The van der Waals surface area contributed by atoms with Crippen LogP contribution in [0.5, 0.6) is 0 Å².